The van der Waals surface area contributed by atoms with Crippen molar-refractivity contribution in [3.05, 3.63) is 28.7 Å². The largest absolute Gasteiger partial charge is 0.309 e. The summed E-state index contributed by atoms with van der Waals surface area (Å²) in [4.78, 5) is 16.3. The maximum atomic E-state index is 12.5. The van der Waals surface area contributed by atoms with Crippen LogP contribution in [-0.2, 0) is 4.79 Å². The molecule has 0 radical (unpaired) electrons. The third-order valence-corrected chi connectivity index (χ3v) is 4.08. The van der Waals surface area contributed by atoms with E-state index < -0.39 is 0 Å². The van der Waals surface area contributed by atoms with Crippen molar-refractivity contribution in [2.24, 2.45) is 0 Å². The number of hydrogen-bond acceptors (Lipinski definition) is 3. The highest BCUT2D eigenvalue weighted by Crippen LogP contribution is 2.26. The molecular weight excluding hydrogens is 306 g/mol. The average Bonchev–Trinajstić information content (AvgIpc) is 2.39. The van der Waals surface area contributed by atoms with Crippen molar-refractivity contribution in [3.63, 3.8) is 0 Å². The predicted octanol–water partition coefficient (Wildman–Crippen LogP) is 2.40. The van der Waals surface area contributed by atoms with Crippen molar-refractivity contribution in [1.29, 1.82) is 5.26 Å². The molecular formula is C14H16BrN3O. The average molecular weight is 322 g/mol. The Kier molecular flexibility index (Phi) is 4.23. The first-order valence-electron chi connectivity index (χ1n) is 6.20. The summed E-state index contributed by atoms with van der Waals surface area (Å²) in [5, 5.41) is 8.89. The number of anilines is 1. The highest BCUT2D eigenvalue weighted by molar-refractivity contribution is 9.10. The molecule has 1 heterocycles. The molecule has 2 unspecified atom stereocenters. The Hall–Kier alpha value is -1.38. The third kappa shape index (κ3) is 2.80. The van der Waals surface area contributed by atoms with Gasteiger partial charge < -0.3 is 4.90 Å². The number of likely N-dealkylation sites (N-methyl/N-ethyl adjacent to an activating group) is 1. The number of carbonyl (C=O) groups excluding carboxylic acids is 1. The van der Waals surface area contributed by atoms with Gasteiger partial charge in [0.25, 0.3) is 0 Å². The van der Waals surface area contributed by atoms with E-state index in [0.29, 0.717) is 6.54 Å². The summed E-state index contributed by atoms with van der Waals surface area (Å²) in [5.41, 5.74) is 0.877. The Morgan fingerprint density at radius 2 is 2.26 bits per heavy atom. The summed E-state index contributed by atoms with van der Waals surface area (Å²) < 4.78 is 0.946. The molecule has 1 saturated heterocycles. The van der Waals surface area contributed by atoms with E-state index in [1.807, 2.05) is 36.2 Å². The van der Waals surface area contributed by atoms with Gasteiger partial charge in [-0.25, -0.2) is 0 Å². The summed E-state index contributed by atoms with van der Waals surface area (Å²) in [7, 11) is 1.91. The quantitative estimate of drug-likeness (QED) is 0.840. The minimum Gasteiger partial charge on any atom is -0.309 e. The number of hydrogen-bond donors (Lipinski definition) is 0. The van der Waals surface area contributed by atoms with E-state index >= 15 is 0 Å². The second-order valence-electron chi connectivity index (χ2n) is 4.82. The van der Waals surface area contributed by atoms with Gasteiger partial charge in [-0.1, -0.05) is 22.0 Å². The highest BCUT2D eigenvalue weighted by atomic mass is 79.9. The first-order chi connectivity index (χ1) is 9.04. The fourth-order valence-electron chi connectivity index (χ4n) is 2.34. The lowest BCUT2D eigenvalue weighted by molar-refractivity contribution is -0.126. The van der Waals surface area contributed by atoms with Gasteiger partial charge in [0, 0.05) is 22.7 Å². The van der Waals surface area contributed by atoms with E-state index in [2.05, 4.69) is 28.9 Å². The van der Waals surface area contributed by atoms with Crippen molar-refractivity contribution in [2.75, 3.05) is 18.5 Å². The van der Waals surface area contributed by atoms with E-state index in [0.717, 1.165) is 10.2 Å². The first-order valence-corrected chi connectivity index (χ1v) is 6.99. The fraction of sp³-hybridized carbons (Fsp3) is 0.429. The molecule has 0 aromatic heterocycles. The monoisotopic (exact) mass is 321 g/mol. The van der Waals surface area contributed by atoms with Crippen molar-refractivity contribution in [2.45, 2.75) is 25.4 Å². The van der Waals surface area contributed by atoms with Crippen LogP contribution in [0.4, 0.5) is 5.69 Å². The molecule has 1 aliphatic heterocycles. The van der Waals surface area contributed by atoms with Crippen LogP contribution in [0.15, 0.2) is 28.7 Å². The maximum absolute atomic E-state index is 12.5. The first kappa shape index (κ1) is 14.0. The van der Waals surface area contributed by atoms with E-state index in [9.17, 15) is 4.79 Å². The lowest BCUT2D eigenvalue weighted by atomic mass is 10.0. The number of nitrogens with zero attached hydrogens (tertiary/aromatic N) is 3. The van der Waals surface area contributed by atoms with Gasteiger partial charge in [-0.05, 0) is 32.2 Å². The van der Waals surface area contributed by atoms with Gasteiger partial charge in [0.1, 0.15) is 6.04 Å². The zero-order valence-electron chi connectivity index (χ0n) is 11.0. The van der Waals surface area contributed by atoms with Crippen LogP contribution in [0.1, 0.15) is 13.3 Å². The lowest BCUT2D eigenvalue weighted by Crippen LogP contribution is -2.59. The number of amides is 1. The number of benzene rings is 1. The van der Waals surface area contributed by atoms with Crippen molar-refractivity contribution < 1.29 is 4.79 Å². The topological polar surface area (TPSA) is 47.3 Å². The predicted molar refractivity (Wildman–Crippen MR) is 77.7 cm³/mol. The van der Waals surface area contributed by atoms with Crippen molar-refractivity contribution in [3.8, 4) is 6.07 Å². The molecule has 0 aliphatic carbocycles. The third-order valence-electron chi connectivity index (χ3n) is 3.59. The molecule has 1 fully saturated rings. The van der Waals surface area contributed by atoms with Gasteiger partial charge in [0.15, 0.2) is 0 Å². The number of piperazine rings is 1. The van der Waals surface area contributed by atoms with E-state index in [1.54, 1.807) is 4.90 Å². The van der Waals surface area contributed by atoms with Crippen LogP contribution >= 0.6 is 15.9 Å². The zero-order valence-corrected chi connectivity index (χ0v) is 12.6. The number of carbonyl (C=O) groups is 1. The van der Waals surface area contributed by atoms with Gasteiger partial charge in [0.05, 0.1) is 12.5 Å². The molecule has 1 aromatic rings. The molecule has 1 aliphatic rings. The number of halogens is 1. The molecule has 1 aromatic carbocycles. The second kappa shape index (κ2) is 5.72. The zero-order chi connectivity index (χ0) is 14.0. The number of nitriles is 1. The van der Waals surface area contributed by atoms with Crippen LogP contribution < -0.4 is 4.90 Å². The molecule has 1 amide bonds. The van der Waals surface area contributed by atoms with Crippen LogP contribution in [0.3, 0.4) is 0 Å². The summed E-state index contributed by atoms with van der Waals surface area (Å²) in [5.74, 6) is 0.000231. The Morgan fingerprint density at radius 1 is 1.53 bits per heavy atom. The van der Waals surface area contributed by atoms with Crippen LogP contribution in [0.2, 0.25) is 0 Å². The Morgan fingerprint density at radius 3 is 2.89 bits per heavy atom. The second-order valence-corrected chi connectivity index (χ2v) is 5.74. The minimum atomic E-state index is -0.354. The molecule has 0 N–H and O–H groups in total. The van der Waals surface area contributed by atoms with Crippen LogP contribution in [0.25, 0.3) is 0 Å². The minimum absolute atomic E-state index is 0.000231. The SMILES string of the molecule is CC1CN(c2cccc(Br)c2)C(=O)C(CC#N)N1C. The van der Waals surface area contributed by atoms with Gasteiger partial charge in [-0.2, -0.15) is 5.26 Å². The fourth-order valence-corrected chi connectivity index (χ4v) is 2.73. The lowest BCUT2D eigenvalue weighted by Gasteiger charge is -2.42. The number of rotatable bonds is 2. The summed E-state index contributed by atoms with van der Waals surface area (Å²) >= 11 is 3.42. The maximum Gasteiger partial charge on any atom is 0.245 e. The van der Waals surface area contributed by atoms with Gasteiger partial charge in [-0.15, -0.1) is 0 Å². The van der Waals surface area contributed by atoms with E-state index in [1.165, 1.54) is 0 Å². The Balaban J connectivity index is 2.31. The van der Waals surface area contributed by atoms with Gasteiger partial charge in [-0.3, -0.25) is 9.69 Å². The molecule has 19 heavy (non-hydrogen) atoms. The Bertz CT molecular complexity index is 526. The molecule has 2 atom stereocenters. The molecule has 0 bridgehead atoms. The molecule has 5 heteroatoms. The molecule has 100 valence electrons. The summed E-state index contributed by atoms with van der Waals surface area (Å²) in [6, 6.07) is 9.67. The smallest absolute Gasteiger partial charge is 0.245 e. The molecule has 2 rings (SSSR count). The van der Waals surface area contributed by atoms with Crippen LogP contribution in [-0.4, -0.2) is 36.5 Å². The molecule has 0 spiro atoms. The van der Waals surface area contributed by atoms with Gasteiger partial charge in [0.2, 0.25) is 5.91 Å². The summed E-state index contributed by atoms with van der Waals surface area (Å²) in [6.45, 7) is 2.72. The molecule has 4 nitrogen and oxygen atoms in total. The van der Waals surface area contributed by atoms with Crippen molar-refractivity contribution >= 4 is 27.5 Å². The van der Waals surface area contributed by atoms with E-state index in [-0.39, 0.29) is 24.4 Å². The van der Waals surface area contributed by atoms with Crippen LogP contribution in [0.5, 0.6) is 0 Å². The van der Waals surface area contributed by atoms with Gasteiger partial charge >= 0.3 is 0 Å². The summed E-state index contributed by atoms with van der Waals surface area (Å²) in [6.07, 6.45) is 0.226. The van der Waals surface area contributed by atoms with Crippen LogP contribution in [0, 0.1) is 11.3 Å². The normalized spacial score (nSPS) is 24.3. The van der Waals surface area contributed by atoms with Crippen molar-refractivity contribution in [1.82, 2.24) is 4.90 Å². The Labute approximate surface area is 121 Å². The standard InChI is InChI=1S/C14H16BrN3O/c1-10-9-18(12-5-3-4-11(15)8-12)14(19)13(6-7-16)17(10)2/h3-5,8,10,13H,6,9H2,1-2H3. The molecule has 0 saturated carbocycles. The highest BCUT2D eigenvalue weighted by Gasteiger charge is 2.37. The van der Waals surface area contributed by atoms with E-state index in [4.69, 9.17) is 5.26 Å².